The summed E-state index contributed by atoms with van der Waals surface area (Å²) in [5, 5.41) is 9.99. The highest BCUT2D eigenvalue weighted by molar-refractivity contribution is 7.18. The van der Waals surface area contributed by atoms with Gasteiger partial charge in [-0.1, -0.05) is 43.4 Å². The van der Waals surface area contributed by atoms with E-state index in [1.54, 1.807) is 4.90 Å². The van der Waals surface area contributed by atoms with Gasteiger partial charge in [0.1, 0.15) is 10.8 Å². The minimum absolute atomic E-state index is 0.0568. The van der Waals surface area contributed by atoms with E-state index in [-0.39, 0.29) is 5.91 Å². The van der Waals surface area contributed by atoms with Crippen LogP contribution in [0.4, 0.5) is 5.13 Å². The summed E-state index contributed by atoms with van der Waals surface area (Å²) in [5.74, 6) is 1.08. The van der Waals surface area contributed by atoms with E-state index < -0.39 is 0 Å². The Hall–Kier alpha value is -2.73. The molecule has 0 unspecified atom stereocenters. The van der Waals surface area contributed by atoms with E-state index in [1.807, 2.05) is 61.5 Å². The monoisotopic (exact) mass is 381 g/mol. The van der Waals surface area contributed by atoms with Gasteiger partial charge in [-0.3, -0.25) is 9.69 Å². The first-order valence-electron chi connectivity index (χ1n) is 9.02. The molecule has 27 heavy (non-hydrogen) atoms. The molecular weight excluding hydrogens is 358 g/mol. The van der Waals surface area contributed by atoms with Gasteiger partial charge in [-0.2, -0.15) is 0 Å². The number of hydrogen-bond donors (Lipinski definition) is 0. The number of nitrogens with zero attached hydrogens (tertiary/aromatic N) is 3. The van der Waals surface area contributed by atoms with Crippen LogP contribution in [0.15, 0.2) is 54.6 Å². The van der Waals surface area contributed by atoms with Crippen LogP contribution in [0.25, 0.3) is 10.6 Å². The lowest BCUT2D eigenvalue weighted by atomic mass is 10.1. The number of rotatable bonds is 7. The summed E-state index contributed by atoms with van der Waals surface area (Å²) in [6, 6.07) is 17.0. The van der Waals surface area contributed by atoms with Gasteiger partial charge in [0.2, 0.25) is 5.13 Å². The van der Waals surface area contributed by atoms with Crippen LogP contribution in [-0.4, -0.2) is 29.3 Å². The summed E-state index contributed by atoms with van der Waals surface area (Å²) in [5.41, 5.74) is 1.61. The summed E-state index contributed by atoms with van der Waals surface area (Å²) >= 11 is 1.42. The lowest BCUT2D eigenvalue weighted by Gasteiger charge is -2.21. The van der Waals surface area contributed by atoms with Gasteiger partial charge in [-0.15, -0.1) is 10.2 Å². The number of carbonyl (C=O) groups excluding carboxylic acids is 1. The van der Waals surface area contributed by atoms with Gasteiger partial charge in [0.25, 0.3) is 5.91 Å². The predicted molar refractivity (Wildman–Crippen MR) is 109 cm³/mol. The molecule has 0 aliphatic rings. The maximum Gasteiger partial charge on any atom is 0.260 e. The topological polar surface area (TPSA) is 55.3 Å². The van der Waals surface area contributed by atoms with E-state index in [2.05, 4.69) is 24.0 Å². The number of anilines is 1. The van der Waals surface area contributed by atoms with E-state index >= 15 is 0 Å². The maximum absolute atomic E-state index is 13.0. The first-order chi connectivity index (χ1) is 13.1. The summed E-state index contributed by atoms with van der Waals surface area (Å²) < 4.78 is 5.48. The quantitative estimate of drug-likeness (QED) is 0.584. The van der Waals surface area contributed by atoms with Crippen LogP contribution in [0.3, 0.4) is 0 Å². The van der Waals surface area contributed by atoms with Crippen LogP contribution < -0.4 is 9.64 Å². The number of amides is 1. The summed E-state index contributed by atoms with van der Waals surface area (Å²) in [6.07, 6.45) is 0. The Morgan fingerprint density at radius 2 is 1.78 bits per heavy atom. The first kappa shape index (κ1) is 19.0. The first-order valence-corrected chi connectivity index (χ1v) is 9.83. The zero-order valence-electron chi connectivity index (χ0n) is 15.8. The average molecular weight is 382 g/mol. The van der Waals surface area contributed by atoms with Crippen molar-refractivity contribution in [3.8, 4) is 16.3 Å². The molecule has 0 aliphatic heterocycles. The molecule has 0 radical (unpaired) electrons. The minimum Gasteiger partial charge on any atom is -0.494 e. The smallest absolute Gasteiger partial charge is 0.260 e. The Balaban J connectivity index is 1.87. The van der Waals surface area contributed by atoms with Crippen molar-refractivity contribution >= 4 is 22.4 Å². The third kappa shape index (κ3) is 4.71. The second kappa shape index (κ2) is 8.77. The van der Waals surface area contributed by atoms with Crippen LogP contribution in [0.5, 0.6) is 5.75 Å². The Morgan fingerprint density at radius 3 is 2.41 bits per heavy atom. The lowest BCUT2D eigenvalue weighted by Crippen LogP contribution is -2.34. The van der Waals surface area contributed by atoms with Crippen molar-refractivity contribution in [1.82, 2.24) is 10.2 Å². The summed E-state index contributed by atoms with van der Waals surface area (Å²) in [6.45, 7) is 7.34. The highest BCUT2D eigenvalue weighted by Crippen LogP contribution is 2.31. The van der Waals surface area contributed by atoms with Gasteiger partial charge in [0, 0.05) is 17.7 Å². The van der Waals surface area contributed by atoms with Gasteiger partial charge in [0.15, 0.2) is 0 Å². The lowest BCUT2D eigenvalue weighted by molar-refractivity contribution is 0.0983. The highest BCUT2D eigenvalue weighted by atomic mass is 32.1. The van der Waals surface area contributed by atoms with Crippen molar-refractivity contribution < 1.29 is 9.53 Å². The summed E-state index contributed by atoms with van der Waals surface area (Å²) in [7, 11) is 0. The fraction of sp³-hybridized carbons (Fsp3) is 0.286. The van der Waals surface area contributed by atoms with Crippen LogP contribution in [0.2, 0.25) is 0 Å². The van der Waals surface area contributed by atoms with Gasteiger partial charge in [-0.05, 0) is 49.2 Å². The van der Waals surface area contributed by atoms with Gasteiger partial charge >= 0.3 is 0 Å². The predicted octanol–water partition coefficient (Wildman–Crippen LogP) is 4.91. The fourth-order valence-electron chi connectivity index (χ4n) is 2.65. The van der Waals surface area contributed by atoms with E-state index in [0.29, 0.717) is 29.8 Å². The number of ether oxygens (including phenoxy) is 1. The average Bonchev–Trinajstić information content (AvgIpc) is 3.17. The van der Waals surface area contributed by atoms with Crippen LogP contribution in [-0.2, 0) is 0 Å². The van der Waals surface area contributed by atoms with Crippen LogP contribution in [0, 0.1) is 5.92 Å². The van der Waals surface area contributed by atoms with Crippen LogP contribution >= 0.6 is 11.3 Å². The van der Waals surface area contributed by atoms with E-state index in [4.69, 9.17) is 4.74 Å². The molecular formula is C21H23N3O2S. The molecule has 0 aliphatic carbocycles. The number of benzene rings is 2. The van der Waals surface area contributed by atoms with Crippen molar-refractivity contribution in [3.63, 3.8) is 0 Å². The Labute approximate surface area is 163 Å². The van der Waals surface area contributed by atoms with Crippen molar-refractivity contribution in [2.75, 3.05) is 18.1 Å². The molecule has 0 fully saturated rings. The molecule has 3 rings (SSSR count). The van der Waals surface area contributed by atoms with Gasteiger partial charge in [0.05, 0.1) is 6.61 Å². The number of aromatic nitrogens is 2. The fourth-order valence-corrected chi connectivity index (χ4v) is 3.51. The number of carbonyl (C=O) groups is 1. The maximum atomic E-state index is 13.0. The van der Waals surface area contributed by atoms with E-state index in [1.165, 1.54) is 11.3 Å². The molecule has 1 amide bonds. The SMILES string of the molecule is CCOc1ccc(-c2nnc(N(CC(C)C)C(=O)c3ccccc3)s2)cc1. The Morgan fingerprint density at radius 1 is 1.07 bits per heavy atom. The highest BCUT2D eigenvalue weighted by Gasteiger charge is 2.22. The van der Waals surface area contributed by atoms with Gasteiger partial charge < -0.3 is 4.74 Å². The largest absolute Gasteiger partial charge is 0.494 e. The summed E-state index contributed by atoms with van der Waals surface area (Å²) in [4.78, 5) is 14.7. The molecule has 6 heteroatoms. The second-order valence-electron chi connectivity index (χ2n) is 6.52. The molecule has 0 N–H and O–H groups in total. The van der Waals surface area contributed by atoms with Crippen molar-refractivity contribution in [2.45, 2.75) is 20.8 Å². The Kier molecular flexibility index (Phi) is 6.19. The molecule has 3 aromatic rings. The molecule has 0 saturated heterocycles. The zero-order chi connectivity index (χ0) is 19.2. The zero-order valence-corrected chi connectivity index (χ0v) is 16.6. The molecule has 0 saturated carbocycles. The van der Waals surface area contributed by atoms with Gasteiger partial charge in [-0.25, -0.2) is 0 Å². The standard InChI is InChI=1S/C21H23N3O2S/c1-4-26-18-12-10-16(11-13-18)19-22-23-21(27-19)24(14-15(2)3)20(25)17-8-6-5-7-9-17/h5-13,15H,4,14H2,1-3H3. The molecule has 2 aromatic carbocycles. The van der Waals surface area contributed by atoms with Crippen LogP contribution in [0.1, 0.15) is 31.1 Å². The van der Waals surface area contributed by atoms with E-state index in [9.17, 15) is 4.79 Å². The van der Waals surface area contributed by atoms with Crippen molar-refractivity contribution in [3.05, 3.63) is 60.2 Å². The molecule has 0 spiro atoms. The third-order valence-corrected chi connectivity index (χ3v) is 4.87. The molecule has 0 atom stereocenters. The third-order valence-electron chi connectivity index (χ3n) is 3.87. The Bertz CT molecular complexity index is 876. The normalized spacial score (nSPS) is 10.8. The molecule has 1 aromatic heterocycles. The van der Waals surface area contributed by atoms with E-state index in [0.717, 1.165) is 16.3 Å². The van der Waals surface area contributed by atoms with Crippen molar-refractivity contribution in [2.24, 2.45) is 5.92 Å². The second-order valence-corrected chi connectivity index (χ2v) is 7.48. The minimum atomic E-state index is -0.0568. The molecule has 1 heterocycles. The molecule has 140 valence electrons. The molecule has 0 bridgehead atoms. The molecule has 5 nitrogen and oxygen atoms in total. The van der Waals surface area contributed by atoms with Crippen molar-refractivity contribution in [1.29, 1.82) is 0 Å². The number of hydrogen-bond acceptors (Lipinski definition) is 5.